The second kappa shape index (κ2) is 9.25. The number of carbonyl (C=O) groups is 2. The van der Waals surface area contributed by atoms with Crippen molar-refractivity contribution in [1.82, 2.24) is 5.32 Å². The lowest BCUT2D eigenvalue weighted by Gasteiger charge is -2.21. The molecule has 24 heavy (non-hydrogen) atoms. The molecule has 1 heterocycles. The first kappa shape index (κ1) is 20.7. The number of amides is 2. The Hall–Kier alpha value is -1.30. The van der Waals surface area contributed by atoms with Gasteiger partial charge in [0.15, 0.2) is 0 Å². The fourth-order valence-corrected chi connectivity index (χ4v) is 2.98. The van der Waals surface area contributed by atoms with Gasteiger partial charge in [0, 0.05) is 36.3 Å². The van der Waals surface area contributed by atoms with Crippen LogP contribution in [0.25, 0.3) is 0 Å². The van der Waals surface area contributed by atoms with E-state index in [2.05, 4.69) is 19.2 Å². The largest absolute Gasteiger partial charge is 0.352 e. The molecule has 0 bridgehead atoms. The molecular formula is C17H25Cl2N3O2. The summed E-state index contributed by atoms with van der Waals surface area (Å²) in [6, 6.07) is 7.03. The average molecular weight is 374 g/mol. The zero-order chi connectivity index (χ0) is 17.0. The molecular weight excluding hydrogens is 349 g/mol. The van der Waals surface area contributed by atoms with Crippen molar-refractivity contribution in [2.45, 2.75) is 32.7 Å². The minimum atomic E-state index is -0.334. The molecule has 5 nitrogen and oxygen atoms in total. The Bertz CT molecular complexity index is 563. The third-order valence-corrected chi connectivity index (χ3v) is 4.27. The molecule has 1 aromatic rings. The zero-order valence-electron chi connectivity index (χ0n) is 14.0. The Morgan fingerprint density at radius 3 is 2.54 bits per heavy atom. The average Bonchev–Trinajstić information content (AvgIpc) is 2.89. The van der Waals surface area contributed by atoms with Gasteiger partial charge in [0.2, 0.25) is 11.8 Å². The first-order valence-corrected chi connectivity index (χ1v) is 8.35. The zero-order valence-corrected chi connectivity index (χ0v) is 15.6. The van der Waals surface area contributed by atoms with Crippen LogP contribution in [-0.2, 0) is 9.59 Å². The van der Waals surface area contributed by atoms with Crippen LogP contribution in [0.5, 0.6) is 0 Å². The minimum absolute atomic E-state index is 0. The summed E-state index contributed by atoms with van der Waals surface area (Å²) in [5, 5.41) is 3.60. The lowest BCUT2D eigenvalue weighted by molar-refractivity contribution is -0.127. The highest BCUT2D eigenvalue weighted by Crippen LogP contribution is 2.26. The fraction of sp³-hybridized carbons (Fsp3) is 0.529. The Balaban J connectivity index is 0.00000288. The Kier molecular flexibility index (Phi) is 8.00. The monoisotopic (exact) mass is 373 g/mol. The number of nitrogens with zero attached hydrogens (tertiary/aromatic N) is 1. The maximum Gasteiger partial charge on any atom is 0.227 e. The highest BCUT2D eigenvalue weighted by Gasteiger charge is 2.35. The molecule has 1 aliphatic rings. The Labute approximate surface area is 154 Å². The summed E-state index contributed by atoms with van der Waals surface area (Å²) in [6.45, 7) is 4.99. The van der Waals surface area contributed by atoms with E-state index in [0.717, 1.165) is 12.1 Å². The predicted molar refractivity (Wildman–Crippen MR) is 99.6 cm³/mol. The maximum atomic E-state index is 12.4. The fourth-order valence-electron chi connectivity index (χ4n) is 2.86. The second-order valence-electron chi connectivity index (χ2n) is 6.45. The molecule has 2 unspecified atom stereocenters. The van der Waals surface area contributed by atoms with Gasteiger partial charge in [-0.05, 0) is 36.6 Å². The first-order chi connectivity index (χ1) is 10.9. The summed E-state index contributed by atoms with van der Waals surface area (Å²) < 4.78 is 0. The van der Waals surface area contributed by atoms with Crippen LogP contribution in [0.4, 0.5) is 5.69 Å². The lowest BCUT2D eigenvalue weighted by atomic mass is 10.0. The van der Waals surface area contributed by atoms with Gasteiger partial charge in [0.25, 0.3) is 0 Å². The summed E-state index contributed by atoms with van der Waals surface area (Å²) in [5.41, 5.74) is 6.49. The number of nitrogens with one attached hydrogen (secondary N) is 1. The van der Waals surface area contributed by atoms with Crippen molar-refractivity contribution in [3.63, 3.8) is 0 Å². The topological polar surface area (TPSA) is 75.4 Å². The van der Waals surface area contributed by atoms with Crippen molar-refractivity contribution in [1.29, 1.82) is 0 Å². The standard InChI is InChI=1S/C17H24ClN3O2.ClH/c1-11(2)7-14(9-19)20-17(23)12-8-16(22)21(10-12)15-5-3-13(18)4-6-15;/h3-6,11-12,14H,7-10,19H2,1-2H3,(H,20,23);1H. The van der Waals surface area contributed by atoms with Gasteiger partial charge in [0.05, 0.1) is 5.92 Å². The number of hydrogen-bond donors (Lipinski definition) is 2. The van der Waals surface area contributed by atoms with Crippen LogP contribution in [0.3, 0.4) is 0 Å². The number of carbonyl (C=O) groups excluding carboxylic acids is 2. The van der Waals surface area contributed by atoms with E-state index < -0.39 is 0 Å². The molecule has 1 aliphatic heterocycles. The third kappa shape index (κ3) is 5.36. The van der Waals surface area contributed by atoms with Crippen molar-refractivity contribution in [2.24, 2.45) is 17.6 Å². The van der Waals surface area contributed by atoms with Gasteiger partial charge in [-0.15, -0.1) is 12.4 Å². The smallest absolute Gasteiger partial charge is 0.227 e. The van der Waals surface area contributed by atoms with E-state index >= 15 is 0 Å². The molecule has 2 rings (SSSR count). The molecule has 0 saturated carbocycles. The van der Waals surface area contributed by atoms with Gasteiger partial charge >= 0.3 is 0 Å². The number of rotatable bonds is 6. The van der Waals surface area contributed by atoms with Crippen molar-refractivity contribution in [3.05, 3.63) is 29.3 Å². The maximum absolute atomic E-state index is 12.4. The van der Waals surface area contributed by atoms with Crippen LogP contribution >= 0.6 is 24.0 Å². The molecule has 1 saturated heterocycles. The normalized spacial score (nSPS) is 18.5. The van der Waals surface area contributed by atoms with Crippen LogP contribution in [0.15, 0.2) is 24.3 Å². The van der Waals surface area contributed by atoms with Gasteiger partial charge in [-0.2, -0.15) is 0 Å². The molecule has 2 atom stereocenters. The molecule has 1 fully saturated rings. The van der Waals surface area contributed by atoms with E-state index in [4.69, 9.17) is 17.3 Å². The molecule has 2 amide bonds. The van der Waals surface area contributed by atoms with E-state index in [1.54, 1.807) is 29.2 Å². The van der Waals surface area contributed by atoms with Gasteiger partial charge in [-0.3, -0.25) is 9.59 Å². The SMILES string of the molecule is CC(C)CC(CN)NC(=O)C1CC(=O)N(c2ccc(Cl)cc2)C1.Cl. The van der Waals surface area contributed by atoms with E-state index in [0.29, 0.717) is 24.0 Å². The molecule has 0 aromatic heterocycles. The van der Waals surface area contributed by atoms with E-state index in [1.807, 2.05) is 0 Å². The van der Waals surface area contributed by atoms with Crippen molar-refractivity contribution in [2.75, 3.05) is 18.0 Å². The molecule has 1 aromatic carbocycles. The molecule has 134 valence electrons. The van der Waals surface area contributed by atoms with Crippen LogP contribution in [0, 0.1) is 11.8 Å². The van der Waals surface area contributed by atoms with Crippen LogP contribution < -0.4 is 16.0 Å². The Morgan fingerprint density at radius 1 is 1.38 bits per heavy atom. The highest BCUT2D eigenvalue weighted by molar-refractivity contribution is 6.30. The minimum Gasteiger partial charge on any atom is -0.352 e. The van der Waals surface area contributed by atoms with E-state index in [1.165, 1.54) is 0 Å². The molecule has 3 N–H and O–H groups in total. The van der Waals surface area contributed by atoms with Crippen molar-refractivity contribution < 1.29 is 9.59 Å². The van der Waals surface area contributed by atoms with Gasteiger partial charge in [-0.1, -0.05) is 25.4 Å². The Morgan fingerprint density at radius 2 is 2.00 bits per heavy atom. The third-order valence-electron chi connectivity index (χ3n) is 4.02. The van der Waals surface area contributed by atoms with Crippen LogP contribution in [0.1, 0.15) is 26.7 Å². The number of nitrogens with two attached hydrogens (primary N) is 1. The second-order valence-corrected chi connectivity index (χ2v) is 6.89. The predicted octanol–water partition coefficient (Wildman–Crippen LogP) is 2.60. The summed E-state index contributed by atoms with van der Waals surface area (Å²) in [6.07, 6.45) is 1.07. The van der Waals surface area contributed by atoms with Gasteiger partial charge in [0.1, 0.15) is 0 Å². The molecule has 7 heteroatoms. The summed E-state index contributed by atoms with van der Waals surface area (Å²) in [4.78, 5) is 26.2. The molecule has 0 spiro atoms. The lowest BCUT2D eigenvalue weighted by Crippen LogP contribution is -2.44. The van der Waals surface area contributed by atoms with Gasteiger partial charge in [-0.25, -0.2) is 0 Å². The molecule has 0 aliphatic carbocycles. The summed E-state index contributed by atoms with van der Waals surface area (Å²) in [5.74, 6) is -0.00874. The van der Waals surface area contributed by atoms with Crippen LogP contribution in [0.2, 0.25) is 5.02 Å². The number of halogens is 2. The number of benzene rings is 1. The van der Waals surface area contributed by atoms with Crippen molar-refractivity contribution in [3.8, 4) is 0 Å². The van der Waals surface area contributed by atoms with Crippen LogP contribution in [-0.4, -0.2) is 30.9 Å². The molecule has 0 radical (unpaired) electrons. The summed E-state index contributed by atoms with van der Waals surface area (Å²) in [7, 11) is 0. The quantitative estimate of drug-likeness (QED) is 0.804. The number of anilines is 1. The van der Waals surface area contributed by atoms with E-state index in [-0.39, 0.29) is 42.6 Å². The summed E-state index contributed by atoms with van der Waals surface area (Å²) >= 11 is 5.87. The first-order valence-electron chi connectivity index (χ1n) is 7.97. The van der Waals surface area contributed by atoms with E-state index in [9.17, 15) is 9.59 Å². The van der Waals surface area contributed by atoms with Gasteiger partial charge < -0.3 is 16.0 Å². The highest BCUT2D eigenvalue weighted by atomic mass is 35.5. The number of hydrogen-bond acceptors (Lipinski definition) is 3. The van der Waals surface area contributed by atoms with Crippen molar-refractivity contribution >= 4 is 41.5 Å².